The Morgan fingerprint density at radius 2 is 2.21 bits per heavy atom. The molecule has 7 heteroatoms. The van der Waals surface area contributed by atoms with Gasteiger partial charge in [0, 0.05) is 23.5 Å². The van der Waals surface area contributed by atoms with Crippen LogP contribution in [0, 0.1) is 0 Å². The molecule has 0 amide bonds. The summed E-state index contributed by atoms with van der Waals surface area (Å²) in [5.41, 5.74) is 7.86. The van der Waals surface area contributed by atoms with Gasteiger partial charge in [-0.3, -0.25) is 0 Å². The van der Waals surface area contributed by atoms with Gasteiger partial charge < -0.3 is 0 Å². The Kier molecular flexibility index (Phi) is 2.17. The number of sulfonamides is 1. The lowest BCUT2D eigenvalue weighted by Crippen LogP contribution is -2.40. The van der Waals surface area contributed by atoms with E-state index < -0.39 is 10.0 Å². The molecule has 0 bridgehead atoms. The van der Waals surface area contributed by atoms with E-state index in [0.29, 0.717) is 13.0 Å². The molecular weight excluding hydrogens is 204 g/mol. The monoisotopic (exact) mass is 216 g/mol. The molecule has 1 saturated heterocycles. The zero-order chi connectivity index (χ0) is 10.2. The zero-order valence-corrected chi connectivity index (χ0v) is 8.57. The van der Waals surface area contributed by atoms with E-state index in [4.69, 9.17) is 5.53 Å². The highest BCUT2D eigenvalue weighted by atomic mass is 32.2. The quantitative estimate of drug-likeness (QED) is 0.398. The fraction of sp³-hybridized carbons (Fsp3) is 1.00. The van der Waals surface area contributed by atoms with Gasteiger partial charge in [0.15, 0.2) is 0 Å². The van der Waals surface area contributed by atoms with Gasteiger partial charge in [0.2, 0.25) is 10.0 Å². The minimum absolute atomic E-state index is 0.241. The van der Waals surface area contributed by atoms with Crippen LogP contribution in [0.2, 0.25) is 0 Å². The van der Waals surface area contributed by atoms with E-state index in [-0.39, 0.29) is 17.8 Å². The van der Waals surface area contributed by atoms with Crippen LogP contribution < -0.4 is 0 Å². The molecule has 0 spiro atoms. The fourth-order valence-electron chi connectivity index (χ4n) is 1.97. The van der Waals surface area contributed by atoms with Crippen LogP contribution in [0.3, 0.4) is 0 Å². The number of rotatable bonds is 3. The van der Waals surface area contributed by atoms with Crippen LogP contribution in [0.1, 0.15) is 19.3 Å². The van der Waals surface area contributed by atoms with E-state index in [9.17, 15) is 8.42 Å². The normalized spacial score (nSPS) is 28.3. The minimum Gasteiger partial charge on any atom is -0.212 e. The van der Waals surface area contributed by atoms with E-state index in [2.05, 4.69) is 10.0 Å². The molecule has 1 heterocycles. The highest BCUT2D eigenvalue weighted by molar-refractivity contribution is 7.89. The molecule has 0 unspecified atom stereocenters. The van der Waals surface area contributed by atoms with Crippen LogP contribution in [0.5, 0.6) is 0 Å². The average Bonchev–Trinajstić information content (AvgIpc) is 2.82. The standard InChI is InChI=1S/C7H12N4O2S/c8-10-9-6-7(2-3-7)11-4-1-5-14(11,12)13/h1-6H2. The lowest BCUT2D eigenvalue weighted by Gasteiger charge is -2.24. The van der Waals surface area contributed by atoms with Gasteiger partial charge in [0.25, 0.3) is 0 Å². The van der Waals surface area contributed by atoms with Crippen LogP contribution >= 0.6 is 0 Å². The second-order valence-corrected chi connectivity index (χ2v) is 5.87. The van der Waals surface area contributed by atoms with Crippen molar-refractivity contribution in [2.75, 3.05) is 18.8 Å². The summed E-state index contributed by atoms with van der Waals surface area (Å²) < 4.78 is 24.7. The second-order valence-electron chi connectivity index (χ2n) is 3.86. The Bertz CT molecular complexity index is 380. The molecule has 0 radical (unpaired) electrons. The van der Waals surface area contributed by atoms with Crippen molar-refractivity contribution >= 4 is 10.0 Å². The highest BCUT2D eigenvalue weighted by Gasteiger charge is 2.53. The Morgan fingerprint density at radius 1 is 1.50 bits per heavy atom. The average molecular weight is 216 g/mol. The third kappa shape index (κ3) is 1.47. The van der Waals surface area contributed by atoms with Gasteiger partial charge in [0.05, 0.1) is 5.75 Å². The van der Waals surface area contributed by atoms with Crippen molar-refractivity contribution in [1.29, 1.82) is 0 Å². The highest BCUT2D eigenvalue weighted by Crippen LogP contribution is 2.45. The van der Waals surface area contributed by atoms with Gasteiger partial charge in [-0.2, -0.15) is 4.31 Å². The topological polar surface area (TPSA) is 86.1 Å². The summed E-state index contributed by atoms with van der Waals surface area (Å²) in [6.07, 6.45) is 2.34. The SMILES string of the molecule is [N-]=[N+]=NCC1(N2CCCS2(=O)=O)CC1. The molecule has 1 saturated carbocycles. The Morgan fingerprint density at radius 3 is 2.64 bits per heavy atom. The predicted molar refractivity (Wildman–Crippen MR) is 51.1 cm³/mol. The van der Waals surface area contributed by atoms with Gasteiger partial charge in [-0.25, -0.2) is 8.42 Å². The summed E-state index contributed by atoms with van der Waals surface area (Å²) in [7, 11) is -3.06. The number of nitrogens with zero attached hydrogens (tertiary/aromatic N) is 4. The third-order valence-electron chi connectivity index (χ3n) is 2.88. The van der Waals surface area contributed by atoms with Crippen molar-refractivity contribution in [1.82, 2.24) is 4.31 Å². The first-order valence-electron chi connectivity index (χ1n) is 4.62. The van der Waals surface area contributed by atoms with Crippen molar-refractivity contribution in [2.45, 2.75) is 24.8 Å². The Hall–Kier alpha value is -0.780. The first kappa shape index (κ1) is 9.76. The molecular formula is C7H12N4O2S. The molecule has 2 rings (SSSR count). The maximum Gasteiger partial charge on any atom is 0.214 e. The maximum absolute atomic E-state index is 11.6. The van der Waals surface area contributed by atoms with E-state index in [1.54, 1.807) is 0 Å². The molecule has 0 aromatic rings. The number of azide groups is 1. The molecule has 0 aromatic heterocycles. The van der Waals surface area contributed by atoms with E-state index in [1.807, 2.05) is 0 Å². The lowest BCUT2D eigenvalue weighted by atomic mass is 10.2. The lowest BCUT2D eigenvalue weighted by molar-refractivity contribution is 0.327. The second kappa shape index (κ2) is 3.12. The van der Waals surface area contributed by atoms with Crippen molar-refractivity contribution < 1.29 is 8.42 Å². The van der Waals surface area contributed by atoms with Crippen molar-refractivity contribution in [3.63, 3.8) is 0 Å². The van der Waals surface area contributed by atoms with Crippen LogP contribution in [0.25, 0.3) is 10.4 Å². The molecule has 1 aliphatic heterocycles. The van der Waals surface area contributed by atoms with Crippen LogP contribution in [-0.2, 0) is 10.0 Å². The Balaban J connectivity index is 2.18. The molecule has 6 nitrogen and oxygen atoms in total. The first-order valence-corrected chi connectivity index (χ1v) is 6.23. The summed E-state index contributed by atoms with van der Waals surface area (Å²) in [5, 5.41) is 3.49. The maximum atomic E-state index is 11.6. The molecule has 0 aromatic carbocycles. The van der Waals surface area contributed by atoms with E-state index >= 15 is 0 Å². The van der Waals surface area contributed by atoms with Gasteiger partial charge in [-0.1, -0.05) is 5.11 Å². The molecule has 2 fully saturated rings. The summed E-state index contributed by atoms with van der Waals surface area (Å²) >= 11 is 0. The number of hydrogen-bond acceptors (Lipinski definition) is 3. The summed E-state index contributed by atoms with van der Waals surface area (Å²) in [6.45, 7) is 0.867. The zero-order valence-electron chi connectivity index (χ0n) is 7.76. The summed E-state index contributed by atoms with van der Waals surface area (Å²) in [6, 6.07) is 0. The predicted octanol–water partition coefficient (Wildman–Crippen LogP) is 0.865. The molecule has 0 atom stereocenters. The van der Waals surface area contributed by atoms with E-state index in [0.717, 1.165) is 12.8 Å². The fourth-order valence-corrected chi connectivity index (χ4v) is 3.92. The van der Waals surface area contributed by atoms with Crippen LogP contribution in [0.4, 0.5) is 0 Å². The van der Waals surface area contributed by atoms with Gasteiger partial charge in [-0.05, 0) is 24.8 Å². The smallest absolute Gasteiger partial charge is 0.212 e. The largest absolute Gasteiger partial charge is 0.214 e. The van der Waals surface area contributed by atoms with E-state index in [1.165, 1.54) is 4.31 Å². The van der Waals surface area contributed by atoms with Gasteiger partial charge >= 0.3 is 0 Å². The third-order valence-corrected chi connectivity index (χ3v) is 4.93. The molecule has 78 valence electrons. The Labute approximate surface area is 82.6 Å². The first-order chi connectivity index (χ1) is 6.61. The van der Waals surface area contributed by atoms with Crippen molar-refractivity contribution in [3.8, 4) is 0 Å². The van der Waals surface area contributed by atoms with Crippen LogP contribution in [0.15, 0.2) is 5.11 Å². The molecule has 1 aliphatic carbocycles. The number of hydrogen-bond donors (Lipinski definition) is 0. The minimum atomic E-state index is -3.06. The van der Waals surface area contributed by atoms with Crippen molar-refractivity contribution in [3.05, 3.63) is 10.4 Å². The van der Waals surface area contributed by atoms with Gasteiger partial charge in [-0.15, -0.1) is 0 Å². The molecule has 0 N–H and O–H groups in total. The molecule has 14 heavy (non-hydrogen) atoms. The summed E-state index contributed by atoms with van der Waals surface area (Å²) in [5.74, 6) is 0.241. The summed E-state index contributed by atoms with van der Waals surface area (Å²) in [4.78, 5) is 2.68. The molecule has 2 aliphatic rings. The van der Waals surface area contributed by atoms with Crippen molar-refractivity contribution in [2.24, 2.45) is 5.11 Å². The van der Waals surface area contributed by atoms with Gasteiger partial charge in [0.1, 0.15) is 0 Å². The van der Waals surface area contributed by atoms with Crippen LogP contribution in [-0.4, -0.2) is 37.1 Å².